The summed E-state index contributed by atoms with van der Waals surface area (Å²) in [5.41, 5.74) is 0.210. The molecule has 4 bridgehead atoms. The number of likely N-dealkylation sites (tertiary alicyclic amines) is 2. The van der Waals surface area contributed by atoms with E-state index in [1.54, 1.807) is 4.90 Å². The van der Waals surface area contributed by atoms with Gasteiger partial charge in [0.2, 0.25) is 11.8 Å². The Balaban J connectivity index is 1.09. The van der Waals surface area contributed by atoms with E-state index < -0.39 is 5.54 Å². The molecule has 1 aromatic carbocycles. The fourth-order valence-corrected chi connectivity index (χ4v) is 9.52. The molecule has 204 valence electrons. The van der Waals surface area contributed by atoms with E-state index in [0.29, 0.717) is 38.5 Å². The molecule has 4 saturated carbocycles. The number of benzene rings is 1. The van der Waals surface area contributed by atoms with Crippen LogP contribution in [-0.4, -0.2) is 77.4 Å². The van der Waals surface area contributed by atoms with Gasteiger partial charge in [-0.3, -0.25) is 14.4 Å². The molecule has 7 heteroatoms. The number of nitrogens with zero attached hydrogens (tertiary/aromatic N) is 4. The average Bonchev–Trinajstić information content (AvgIpc) is 3.19. The maximum Gasteiger partial charge on any atom is 0.250 e. The summed E-state index contributed by atoms with van der Waals surface area (Å²) in [6.45, 7) is 3.45. The zero-order chi connectivity index (χ0) is 25.9. The van der Waals surface area contributed by atoms with E-state index in [0.717, 1.165) is 68.6 Å². The standard InChI is InChI=1S/C31H42N4O3/c36-27(32-11-5-2-6-12-32)21-34-22-35(26-7-3-1-4-8-26)31(29(34)38)9-13-33(14-10-31)28(37)30-18-23-15-24(19-30)17-25(16-23)20-30/h1,3-4,7-8,23-25H,2,5-6,9-22H2. The normalized spacial score (nSPS) is 33.9. The van der Waals surface area contributed by atoms with Crippen LogP contribution in [0.5, 0.6) is 0 Å². The first-order valence-electron chi connectivity index (χ1n) is 15.2. The first kappa shape index (κ1) is 24.5. The number of carbonyl (C=O) groups excluding carboxylic acids is 3. The summed E-state index contributed by atoms with van der Waals surface area (Å²) >= 11 is 0. The summed E-state index contributed by atoms with van der Waals surface area (Å²) in [5, 5.41) is 0. The molecule has 3 heterocycles. The van der Waals surface area contributed by atoms with E-state index in [9.17, 15) is 14.4 Å². The molecule has 0 unspecified atom stereocenters. The maximum atomic E-state index is 14.1. The molecule has 0 atom stereocenters. The topological polar surface area (TPSA) is 64.2 Å². The van der Waals surface area contributed by atoms with Crippen LogP contribution in [0.1, 0.15) is 70.6 Å². The predicted octanol–water partition coefficient (Wildman–Crippen LogP) is 3.88. The quantitative estimate of drug-likeness (QED) is 0.607. The van der Waals surface area contributed by atoms with Gasteiger partial charge in [0.05, 0.1) is 12.1 Å². The molecule has 3 saturated heterocycles. The number of hydrogen-bond acceptors (Lipinski definition) is 4. The second-order valence-electron chi connectivity index (χ2n) is 13.4. The first-order chi connectivity index (χ1) is 18.5. The fourth-order valence-electron chi connectivity index (χ4n) is 9.52. The van der Waals surface area contributed by atoms with Gasteiger partial charge >= 0.3 is 0 Å². The van der Waals surface area contributed by atoms with Gasteiger partial charge in [-0.1, -0.05) is 18.2 Å². The van der Waals surface area contributed by atoms with Crippen LogP contribution in [0.3, 0.4) is 0 Å². The second kappa shape index (κ2) is 9.27. The highest BCUT2D eigenvalue weighted by molar-refractivity contribution is 5.96. The summed E-state index contributed by atoms with van der Waals surface area (Å²) in [6, 6.07) is 10.2. The molecular formula is C31H42N4O3. The Bertz CT molecular complexity index is 1050. The number of amides is 3. The van der Waals surface area contributed by atoms with Gasteiger partial charge in [0.25, 0.3) is 5.91 Å². The van der Waals surface area contributed by atoms with E-state index in [4.69, 9.17) is 0 Å². The molecule has 3 aliphatic heterocycles. The van der Waals surface area contributed by atoms with Crippen LogP contribution < -0.4 is 4.90 Å². The molecule has 1 spiro atoms. The lowest BCUT2D eigenvalue weighted by atomic mass is 9.49. The third-order valence-corrected chi connectivity index (χ3v) is 11.0. The average molecular weight is 519 g/mol. The van der Waals surface area contributed by atoms with E-state index in [1.165, 1.54) is 25.7 Å². The number of para-hydroxylation sites is 1. The van der Waals surface area contributed by atoms with Gasteiger partial charge in [-0.2, -0.15) is 0 Å². The van der Waals surface area contributed by atoms with E-state index in [2.05, 4.69) is 21.9 Å². The van der Waals surface area contributed by atoms with Gasteiger partial charge in [0.15, 0.2) is 0 Å². The van der Waals surface area contributed by atoms with E-state index in [-0.39, 0.29) is 23.8 Å². The highest BCUT2D eigenvalue weighted by Crippen LogP contribution is 2.60. The van der Waals surface area contributed by atoms with Gasteiger partial charge in [0, 0.05) is 31.9 Å². The molecule has 0 radical (unpaired) electrons. The molecular weight excluding hydrogens is 476 g/mol. The summed E-state index contributed by atoms with van der Waals surface area (Å²) in [4.78, 5) is 49.3. The van der Waals surface area contributed by atoms with Crippen LogP contribution in [0, 0.1) is 23.2 Å². The zero-order valence-corrected chi connectivity index (χ0v) is 22.7. The molecule has 0 aromatic heterocycles. The van der Waals surface area contributed by atoms with Crippen molar-refractivity contribution in [2.45, 2.75) is 76.2 Å². The molecule has 8 rings (SSSR count). The Morgan fingerprint density at radius 3 is 2.00 bits per heavy atom. The van der Waals surface area contributed by atoms with Crippen LogP contribution in [0.15, 0.2) is 30.3 Å². The lowest BCUT2D eigenvalue weighted by molar-refractivity contribution is -0.160. The molecule has 7 aliphatic rings. The highest BCUT2D eigenvalue weighted by atomic mass is 16.2. The van der Waals surface area contributed by atoms with Gasteiger partial charge in [-0.25, -0.2) is 0 Å². The minimum atomic E-state index is -0.679. The predicted molar refractivity (Wildman–Crippen MR) is 145 cm³/mol. The van der Waals surface area contributed by atoms with Crippen LogP contribution in [-0.2, 0) is 14.4 Å². The monoisotopic (exact) mass is 518 g/mol. The lowest BCUT2D eigenvalue weighted by Crippen LogP contribution is -2.61. The second-order valence-corrected chi connectivity index (χ2v) is 13.4. The van der Waals surface area contributed by atoms with Crippen molar-refractivity contribution in [3.63, 3.8) is 0 Å². The van der Waals surface area contributed by atoms with Gasteiger partial charge in [-0.15, -0.1) is 0 Å². The Kier molecular flexibility index (Phi) is 5.97. The lowest BCUT2D eigenvalue weighted by Gasteiger charge is -2.57. The van der Waals surface area contributed by atoms with Crippen molar-refractivity contribution in [3.05, 3.63) is 30.3 Å². The molecule has 7 nitrogen and oxygen atoms in total. The van der Waals surface area contributed by atoms with Crippen molar-refractivity contribution >= 4 is 23.4 Å². The summed E-state index contributed by atoms with van der Waals surface area (Å²) in [7, 11) is 0. The van der Waals surface area contributed by atoms with Gasteiger partial charge < -0.3 is 19.6 Å². The Hall–Kier alpha value is -2.57. The van der Waals surface area contributed by atoms with E-state index in [1.807, 2.05) is 23.1 Å². The third kappa shape index (κ3) is 3.94. The number of rotatable bonds is 4. The third-order valence-electron chi connectivity index (χ3n) is 11.0. The van der Waals surface area contributed by atoms with Crippen LogP contribution >= 0.6 is 0 Å². The fraction of sp³-hybridized carbons (Fsp3) is 0.710. The van der Waals surface area contributed by atoms with Crippen LogP contribution in [0.4, 0.5) is 5.69 Å². The Morgan fingerprint density at radius 2 is 1.39 bits per heavy atom. The van der Waals surface area contributed by atoms with Crippen molar-refractivity contribution in [1.82, 2.24) is 14.7 Å². The van der Waals surface area contributed by atoms with E-state index >= 15 is 0 Å². The largest absolute Gasteiger partial charge is 0.342 e. The summed E-state index contributed by atoms with van der Waals surface area (Å²) in [5.74, 6) is 2.75. The molecule has 4 aliphatic carbocycles. The van der Waals surface area contributed by atoms with Crippen LogP contribution in [0.25, 0.3) is 0 Å². The molecule has 7 fully saturated rings. The SMILES string of the molecule is O=C(CN1CN(c2ccccc2)C2(CCN(C(=O)C34CC5CC(CC(C5)C3)C4)CC2)C1=O)N1CCCCC1. The maximum absolute atomic E-state index is 14.1. The van der Waals surface area contributed by atoms with Crippen molar-refractivity contribution in [2.24, 2.45) is 23.2 Å². The van der Waals surface area contributed by atoms with Crippen molar-refractivity contribution in [2.75, 3.05) is 44.3 Å². The van der Waals surface area contributed by atoms with Crippen molar-refractivity contribution < 1.29 is 14.4 Å². The number of anilines is 1. The van der Waals surface area contributed by atoms with Crippen molar-refractivity contribution in [3.8, 4) is 0 Å². The first-order valence-corrected chi connectivity index (χ1v) is 15.2. The number of piperidine rings is 2. The summed E-state index contributed by atoms with van der Waals surface area (Å²) < 4.78 is 0. The molecule has 0 N–H and O–H groups in total. The molecule has 38 heavy (non-hydrogen) atoms. The minimum absolute atomic E-state index is 0.0635. The molecule has 3 amide bonds. The zero-order valence-electron chi connectivity index (χ0n) is 22.7. The molecule has 1 aromatic rings. The highest BCUT2D eigenvalue weighted by Gasteiger charge is 2.58. The Morgan fingerprint density at radius 1 is 0.789 bits per heavy atom. The van der Waals surface area contributed by atoms with Gasteiger partial charge in [-0.05, 0) is 101 Å². The van der Waals surface area contributed by atoms with Crippen LogP contribution in [0.2, 0.25) is 0 Å². The number of carbonyl (C=O) groups is 3. The summed E-state index contributed by atoms with van der Waals surface area (Å²) in [6.07, 6.45) is 11.8. The smallest absolute Gasteiger partial charge is 0.250 e. The number of hydrogen-bond donors (Lipinski definition) is 0. The van der Waals surface area contributed by atoms with Gasteiger partial charge in [0.1, 0.15) is 12.1 Å². The van der Waals surface area contributed by atoms with Crippen molar-refractivity contribution in [1.29, 1.82) is 0 Å². The Labute approximate surface area is 226 Å². The minimum Gasteiger partial charge on any atom is -0.342 e.